The van der Waals surface area contributed by atoms with Crippen LogP contribution in [0.1, 0.15) is 45.4 Å². The van der Waals surface area contributed by atoms with Crippen LogP contribution in [-0.4, -0.2) is 29.1 Å². The van der Waals surface area contributed by atoms with E-state index in [0.717, 1.165) is 41.7 Å². The number of piperidine rings is 1. The van der Waals surface area contributed by atoms with Gasteiger partial charge in [0.1, 0.15) is 5.82 Å². The molecule has 20 heavy (non-hydrogen) atoms. The Morgan fingerprint density at radius 3 is 3.05 bits per heavy atom. The number of fused-ring (bicyclic) bond motifs is 1. The fraction of sp³-hybridized carbons (Fsp3) is 0.733. The molecule has 1 saturated heterocycles. The fourth-order valence-corrected chi connectivity index (χ4v) is 4.02. The second-order valence-corrected chi connectivity index (χ2v) is 6.74. The number of halogens is 1. The molecule has 4 nitrogen and oxygen atoms in total. The number of anilines is 2. The summed E-state index contributed by atoms with van der Waals surface area (Å²) in [5, 5.41) is 3.29. The number of aromatic nitrogens is 2. The van der Waals surface area contributed by atoms with Crippen LogP contribution in [0.4, 0.5) is 11.8 Å². The van der Waals surface area contributed by atoms with Crippen LogP contribution < -0.4 is 10.2 Å². The lowest BCUT2D eigenvalue weighted by atomic mass is 9.92. The van der Waals surface area contributed by atoms with Gasteiger partial charge in [0.2, 0.25) is 5.95 Å². The van der Waals surface area contributed by atoms with Crippen molar-refractivity contribution in [3.63, 3.8) is 0 Å². The molecule has 5 heteroatoms. The van der Waals surface area contributed by atoms with Gasteiger partial charge in [0, 0.05) is 25.3 Å². The third kappa shape index (κ3) is 2.78. The lowest BCUT2D eigenvalue weighted by molar-refractivity contribution is 0.360. The largest absolute Gasteiger partial charge is 0.354 e. The fourth-order valence-electron chi connectivity index (χ4n) is 3.60. The molecule has 1 N–H and O–H groups in total. The Morgan fingerprint density at radius 2 is 2.20 bits per heavy atom. The molecule has 0 bridgehead atoms. The first-order chi connectivity index (χ1) is 9.79. The van der Waals surface area contributed by atoms with Gasteiger partial charge in [-0.2, -0.15) is 4.98 Å². The molecule has 1 aromatic heterocycles. The number of rotatable bonds is 4. The lowest BCUT2D eigenvalue weighted by Crippen LogP contribution is -2.43. The highest BCUT2D eigenvalue weighted by Crippen LogP contribution is 2.40. The second kappa shape index (κ2) is 6.29. The molecule has 2 fully saturated rings. The maximum absolute atomic E-state index is 4.75. The minimum absolute atomic E-state index is 0.689. The van der Waals surface area contributed by atoms with E-state index < -0.39 is 0 Å². The van der Waals surface area contributed by atoms with Crippen molar-refractivity contribution in [3.8, 4) is 0 Å². The van der Waals surface area contributed by atoms with Crippen LogP contribution in [0.25, 0.3) is 0 Å². The number of nitrogens with zero attached hydrogens (tertiary/aromatic N) is 3. The van der Waals surface area contributed by atoms with Crippen molar-refractivity contribution in [1.82, 2.24) is 9.97 Å². The molecular weight excluding hydrogens is 316 g/mol. The molecule has 0 radical (unpaired) electrons. The minimum Gasteiger partial charge on any atom is -0.354 e. The summed E-state index contributed by atoms with van der Waals surface area (Å²) in [7, 11) is 0. The van der Waals surface area contributed by atoms with E-state index in [-0.39, 0.29) is 0 Å². The van der Waals surface area contributed by atoms with Crippen molar-refractivity contribution in [2.45, 2.75) is 51.5 Å². The summed E-state index contributed by atoms with van der Waals surface area (Å²) in [6, 6.07) is 0.689. The Balaban J connectivity index is 1.84. The average molecular weight is 339 g/mol. The molecule has 1 aliphatic carbocycles. The molecule has 1 aromatic rings. The average Bonchev–Trinajstić information content (AvgIpc) is 2.95. The summed E-state index contributed by atoms with van der Waals surface area (Å²) in [4.78, 5) is 11.6. The molecule has 0 spiro atoms. The lowest BCUT2D eigenvalue weighted by Gasteiger charge is -2.39. The van der Waals surface area contributed by atoms with Gasteiger partial charge >= 0.3 is 0 Å². The van der Waals surface area contributed by atoms with Crippen LogP contribution in [-0.2, 0) is 0 Å². The molecule has 0 aromatic carbocycles. The minimum atomic E-state index is 0.689. The zero-order valence-electron chi connectivity index (χ0n) is 12.1. The summed E-state index contributed by atoms with van der Waals surface area (Å²) in [6.07, 6.45) is 9.74. The smallest absolute Gasteiger partial charge is 0.224 e. The van der Waals surface area contributed by atoms with Crippen molar-refractivity contribution in [3.05, 3.63) is 10.7 Å². The van der Waals surface area contributed by atoms with Gasteiger partial charge in [0.05, 0.1) is 4.47 Å². The van der Waals surface area contributed by atoms with Crippen molar-refractivity contribution in [2.75, 3.05) is 23.3 Å². The number of hydrogen-bond donors (Lipinski definition) is 1. The Kier molecular flexibility index (Phi) is 4.44. The Labute approximate surface area is 129 Å². The first kappa shape index (κ1) is 14.1. The second-order valence-electron chi connectivity index (χ2n) is 5.89. The van der Waals surface area contributed by atoms with Gasteiger partial charge < -0.3 is 10.2 Å². The van der Waals surface area contributed by atoms with E-state index in [4.69, 9.17) is 4.98 Å². The van der Waals surface area contributed by atoms with E-state index in [1.54, 1.807) is 0 Å². The van der Waals surface area contributed by atoms with Gasteiger partial charge in [0.25, 0.3) is 0 Å². The predicted octanol–water partition coefficient (Wildman–Crippen LogP) is 3.83. The summed E-state index contributed by atoms with van der Waals surface area (Å²) in [5.41, 5.74) is 0. The van der Waals surface area contributed by atoms with Crippen molar-refractivity contribution < 1.29 is 0 Å². The zero-order chi connectivity index (χ0) is 13.9. The molecule has 2 heterocycles. The van der Waals surface area contributed by atoms with Crippen LogP contribution in [0.3, 0.4) is 0 Å². The van der Waals surface area contributed by atoms with Crippen molar-refractivity contribution in [2.24, 2.45) is 5.92 Å². The number of nitrogens with one attached hydrogen (secondary N) is 1. The van der Waals surface area contributed by atoms with Gasteiger partial charge in [-0.3, -0.25) is 0 Å². The molecular formula is C15H23BrN4. The van der Waals surface area contributed by atoms with Crippen LogP contribution in [0.2, 0.25) is 0 Å². The molecule has 0 amide bonds. The highest BCUT2D eigenvalue weighted by Gasteiger charge is 2.36. The topological polar surface area (TPSA) is 41.1 Å². The van der Waals surface area contributed by atoms with Gasteiger partial charge in [-0.05, 0) is 54.0 Å². The maximum Gasteiger partial charge on any atom is 0.224 e. The van der Waals surface area contributed by atoms with Crippen LogP contribution in [0.5, 0.6) is 0 Å². The Morgan fingerprint density at radius 1 is 1.35 bits per heavy atom. The standard InChI is InChI=1S/C15H23BrN4/c1-2-8-17-15-18-10-12(16)14(19-15)20-9-4-6-11-5-3-7-13(11)20/h10-11,13H,2-9H2,1H3,(H,17,18,19). The third-order valence-electron chi connectivity index (χ3n) is 4.52. The highest BCUT2D eigenvalue weighted by atomic mass is 79.9. The molecule has 2 unspecified atom stereocenters. The van der Waals surface area contributed by atoms with Crippen LogP contribution >= 0.6 is 15.9 Å². The summed E-state index contributed by atoms with van der Waals surface area (Å²) >= 11 is 3.64. The van der Waals surface area contributed by atoms with E-state index >= 15 is 0 Å². The van der Waals surface area contributed by atoms with E-state index in [1.807, 2.05) is 6.20 Å². The third-order valence-corrected chi connectivity index (χ3v) is 5.08. The number of hydrogen-bond acceptors (Lipinski definition) is 4. The van der Waals surface area contributed by atoms with Gasteiger partial charge in [-0.25, -0.2) is 4.98 Å². The van der Waals surface area contributed by atoms with Gasteiger partial charge in [-0.1, -0.05) is 13.3 Å². The SMILES string of the molecule is CCCNc1ncc(Br)c(N2CCCC3CCCC32)n1. The zero-order valence-corrected chi connectivity index (χ0v) is 13.7. The van der Waals surface area contributed by atoms with E-state index in [9.17, 15) is 0 Å². The Bertz CT molecular complexity index is 465. The van der Waals surface area contributed by atoms with E-state index in [0.29, 0.717) is 6.04 Å². The van der Waals surface area contributed by atoms with E-state index in [2.05, 4.69) is 38.1 Å². The molecule has 3 rings (SSSR count). The van der Waals surface area contributed by atoms with Crippen LogP contribution in [0.15, 0.2) is 10.7 Å². The summed E-state index contributed by atoms with van der Waals surface area (Å²) in [6.45, 7) is 4.21. The molecule has 2 atom stereocenters. The van der Waals surface area contributed by atoms with Gasteiger partial charge in [0.15, 0.2) is 0 Å². The summed E-state index contributed by atoms with van der Waals surface area (Å²) in [5.74, 6) is 2.71. The first-order valence-electron chi connectivity index (χ1n) is 7.82. The maximum atomic E-state index is 4.75. The molecule has 1 saturated carbocycles. The normalized spacial score (nSPS) is 25.6. The Hall–Kier alpha value is -0.840. The summed E-state index contributed by atoms with van der Waals surface area (Å²) < 4.78 is 1.02. The molecule has 1 aliphatic heterocycles. The van der Waals surface area contributed by atoms with Crippen molar-refractivity contribution in [1.29, 1.82) is 0 Å². The highest BCUT2D eigenvalue weighted by molar-refractivity contribution is 9.10. The monoisotopic (exact) mass is 338 g/mol. The van der Waals surface area contributed by atoms with Gasteiger partial charge in [-0.15, -0.1) is 0 Å². The van der Waals surface area contributed by atoms with E-state index in [1.165, 1.54) is 32.1 Å². The van der Waals surface area contributed by atoms with Crippen LogP contribution in [0, 0.1) is 5.92 Å². The van der Waals surface area contributed by atoms with Crippen molar-refractivity contribution >= 4 is 27.7 Å². The quantitative estimate of drug-likeness (QED) is 0.905. The molecule has 110 valence electrons. The molecule has 2 aliphatic rings. The first-order valence-corrected chi connectivity index (χ1v) is 8.62. The predicted molar refractivity (Wildman–Crippen MR) is 86.2 cm³/mol.